The van der Waals surface area contributed by atoms with Crippen molar-refractivity contribution in [1.82, 2.24) is 40.6 Å². The topological polar surface area (TPSA) is 178 Å². The number of carbonyl (C=O) groups excluding carboxylic acids is 3. The molecule has 1 atom stereocenters. The molecular weight excluding hydrogens is 818 g/mol. The second-order valence-electron chi connectivity index (χ2n) is 18.2. The lowest BCUT2D eigenvalue weighted by atomic mass is 9.95. The summed E-state index contributed by atoms with van der Waals surface area (Å²) in [6.07, 6.45) is 3.97. The molecule has 0 radical (unpaired) electrons. The number of piperazine rings is 1. The summed E-state index contributed by atoms with van der Waals surface area (Å²) in [7, 11) is 1.67. The Labute approximate surface area is 370 Å². The first-order valence-corrected chi connectivity index (χ1v) is 22.0. The van der Waals surface area contributed by atoms with Crippen LogP contribution in [0.4, 0.5) is 26.2 Å². The second kappa shape index (κ2) is 17.2. The first kappa shape index (κ1) is 42.7. The van der Waals surface area contributed by atoms with E-state index in [1.165, 1.54) is 12.4 Å². The van der Waals surface area contributed by atoms with Crippen molar-refractivity contribution in [3.05, 3.63) is 83.5 Å². The molecule has 16 nitrogen and oxygen atoms in total. The molecule has 0 unspecified atom stereocenters. The van der Waals surface area contributed by atoms with Crippen molar-refractivity contribution >= 4 is 56.8 Å². The van der Waals surface area contributed by atoms with E-state index in [9.17, 15) is 14.4 Å². The van der Waals surface area contributed by atoms with Gasteiger partial charge in [-0.2, -0.15) is 4.98 Å². The van der Waals surface area contributed by atoms with E-state index in [0.717, 1.165) is 97.9 Å². The number of hydrogen-bond donors (Lipinski definition) is 3. The molecule has 334 valence electrons. The molecule has 17 heteroatoms. The molecule has 0 saturated carbocycles. The maximum Gasteiger partial charge on any atom is 0.328 e. The van der Waals surface area contributed by atoms with E-state index in [4.69, 9.17) is 9.26 Å². The summed E-state index contributed by atoms with van der Waals surface area (Å²) in [6, 6.07) is 14.5. The van der Waals surface area contributed by atoms with Gasteiger partial charge in [-0.1, -0.05) is 25.9 Å². The first-order valence-electron chi connectivity index (χ1n) is 22.0. The van der Waals surface area contributed by atoms with E-state index in [2.05, 4.69) is 68.6 Å². The van der Waals surface area contributed by atoms with Gasteiger partial charge in [0.25, 0.3) is 0 Å². The van der Waals surface area contributed by atoms with Crippen LogP contribution in [0.15, 0.2) is 59.4 Å². The van der Waals surface area contributed by atoms with Crippen molar-refractivity contribution in [3.8, 4) is 17.0 Å². The van der Waals surface area contributed by atoms with Crippen molar-refractivity contribution in [2.75, 3.05) is 74.2 Å². The molecule has 3 saturated heterocycles. The number of fused-ring (bicyclic) bond motifs is 3. The number of urea groups is 1. The number of benzene rings is 3. The molecule has 64 heavy (non-hydrogen) atoms. The number of imide groups is 1. The quantitative estimate of drug-likeness (QED) is 0.130. The van der Waals surface area contributed by atoms with Crippen LogP contribution in [0.1, 0.15) is 80.6 Å². The Kier molecular flexibility index (Phi) is 11.4. The lowest BCUT2D eigenvalue weighted by Crippen LogP contribution is -2.49. The maximum absolute atomic E-state index is 16.2. The molecule has 0 bridgehead atoms. The van der Waals surface area contributed by atoms with Gasteiger partial charge in [-0.25, -0.2) is 19.2 Å². The summed E-state index contributed by atoms with van der Waals surface area (Å²) in [5.74, 6) is 0.368. The standard InChI is InChI=1S/C47H54FN11O5/c1-27-21-33(35(48)22-32(27)28(2)51-43(61)44-54-45(55-64-44)47(3,4)5)41-40-34-23-38(63-6)37(24-36(34)52-42(40)50-26-49-41)58-19-17-56(18-20-58)25-29-11-14-57(15-12-29)30-7-9-31(10-8-30)59-16-13-39(60)53-46(59)62/h7-10,21-24,26,28-29H,11-20,25H2,1-6H3,(H,51,61)(H,49,50,52)(H,53,60,62)/t28-/m1/s1. The second-order valence-corrected chi connectivity index (χ2v) is 18.2. The van der Waals surface area contributed by atoms with Crippen LogP contribution >= 0.6 is 0 Å². The Bertz CT molecular complexity index is 2730. The highest BCUT2D eigenvalue weighted by molar-refractivity contribution is 6.13. The summed E-state index contributed by atoms with van der Waals surface area (Å²) < 4.78 is 27.5. The van der Waals surface area contributed by atoms with Crippen LogP contribution < -0.4 is 30.1 Å². The van der Waals surface area contributed by atoms with E-state index in [1.54, 1.807) is 25.0 Å². The molecule has 0 aliphatic carbocycles. The van der Waals surface area contributed by atoms with Crippen molar-refractivity contribution in [1.29, 1.82) is 0 Å². The Morgan fingerprint density at radius 1 is 0.969 bits per heavy atom. The molecule has 6 heterocycles. The van der Waals surface area contributed by atoms with E-state index >= 15 is 4.39 Å². The van der Waals surface area contributed by atoms with Gasteiger partial charge in [0.15, 0.2) is 5.82 Å². The number of piperidine rings is 1. The minimum Gasteiger partial charge on any atom is -0.495 e. The minimum atomic E-state index is -0.548. The van der Waals surface area contributed by atoms with Gasteiger partial charge in [-0.3, -0.25) is 24.7 Å². The molecule has 3 aromatic carbocycles. The zero-order chi connectivity index (χ0) is 44.9. The van der Waals surface area contributed by atoms with E-state index in [0.29, 0.717) is 52.6 Å². The summed E-state index contributed by atoms with van der Waals surface area (Å²) >= 11 is 0. The highest BCUT2D eigenvalue weighted by Crippen LogP contribution is 2.40. The lowest BCUT2D eigenvalue weighted by molar-refractivity contribution is -0.120. The molecular formula is C47H54FN11O5. The summed E-state index contributed by atoms with van der Waals surface area (Å²) in [6.45, 7) is 16.4. The fourth-order valence-electron chi connectivity index (χ4n) is 9.22. The minimum absolute atomic E-state index is 0.145. The number of hydrogen-bond acceptors (Lipinski definition) is 12. The third kappa shape index (κ3) is 8.43. The van der Waals surface area contributed by atoms with E-state index in [-0.39, 0.29) is 23.2 Å². The highest BCUT2D eigenvalue weighted by Gasteiger charge is 2.29. The van der Waals surface area contributed by atoms with Gasteiger partial charge >= 0.3 is 17.8 Å². The number of methoxy groups -OCH3 is 1. The summed E-state index contributed by atoms with van der Waals surface area (Å²) in [5.41, 5.74) is 6.15. The van der Waals surface area contributed by atoms with Gasteiger partial charge in [0.05, 0.1) is 35.4 Å². The molecule has 3 aliphatic rings. The third-order valence-electron chi connectivity index (χ3n) is 12.8. The number of aromatic nitrogens is 5. The number of amides is 4. The molecule has 3 aromatic heterocycles. The molecule has 6 aromatic rings. The zero-order valence-corrected chi connectivity index (χ0v) is 37.1. The van der Waals surface area contributed by atoms with Crippen LogP contribution in [0.3, 0.4) is 0 Å². The largest absolute Gasteiger partial charge is 0.495 e. The van der Waals surface area contributed by atoms with Gasteiger partial charge in [-0.05, 0) is 92.3 Å². The average Bonchev–Trinajstić information content (AvgIpc) is 3.94. The summed E-state index contributed by atoms with van der Waals surface area (Å²) in [4.78, 5) is 62.7. The van der Waals surface area contributed by atoms with Crippen LogP contribution in [-0.2, 0) is 10.2 Å². The Morgan fingerprint density at radius 2 is 1.70 bits per heavy atom. The maximum atomic E-state index is 16.2. The van der Waals surface area contributed by atoms with Gasteiger partial charge in [0.1, 0.15) is 23.5 Å². The number of nitrogens with one attached hydrogen (secondary N) is 3. The molecule has 4 amide bonds. The number of halogens is 1. The zero-order valence-electron chi connectivity index (χ0n) is 37.1. The van der Waals surface area contributed by atoms with Crippen LogP contribution in [0.5, 0.6) is 5.75 Å². The molecule has 9 rings (SSSR count). The Hall–Kier alpha value is -6.62. The normalized spacial score (nSPS) is 17.3. The first-order chi connectivity index (χ1) is 30.7. The van der Waals surface area contributed by atoms with Crippen LogP contribution in [0, 0.1) is 18.7 Å². The number of H-pyrrole nitrogens is 1. The Balaban J connectivity index is 0.843. The number of carbonyl (C=O) groups is 3. The Morgan fingerprint density at radius 3 is 2.39 bits per heavy atom. The third-order valence-corrected chi connectivity index (χ3v) is 12.8. The van der Waals surface area contributed by atoms with Gasteiger partial charge in [-0.15, -0.1) is 0 Å². The molecule has 0 spiro atoms. The van der Waals surface area contributed by atoms with Crippen molar-refractivity contribution in [2.24, 2.45) is 5.92 Å². The predicted molar refractivity (Wildman–Crippen MR) is 242 cm³/mol. The van der Waals surface area contributed by atoms with E-state index in [1.807, 2.05) is 45.9 Å². The van der Waals surface area contributed by atoms with Gasteiger partial charge in [0.2, 0.25) is 5.91 Å². The van der Waals surface area contributed by atoms with Crippen molar-refractivity contribution in [2.45, 2.75) is 65.3 Å². The van der Waals surface area contributed by atoms with E-state index < -0.39 is 17.8 Å². The van der Waals surface area contributed by atoms with Crippen molar-refractivity contribution in [3.63, 3.8) is 0 Å². The lowest BCUT2D eigenvalue weighted by Gasteiger charge is -2.40. The fourth-order valence-corrected chi connectivity index (χ4v) is 9.22. The number of rotatable bonds is 10. The number of nitrogens with zero attached hydrogens (tertiary/aromatic N) is 8. The van der Waals surface area contributed by atoms with Gasteiger partial charge < -0.3 is 29.4 Å². The van der Waals surface area contributed by atoms with Gasteiger partial charge in [0, 0.05) is 86.5 Å². The number of aromatic amines is 1. The summed E-state index contributed by atoms with van der Waals surface area (Å²) in [5, 5.41) is 10.7. The average molecular weight is 872 g/mol. The van der Waals surface area contributed by atoms with Crippen LogP contribution in [0.25, 0.3) is 33.2 Å². The molecule has 3 N–H and O–H groups in total. The number of aryl methyl sites for hydroxylation is 1. The SMILES string of the molecule is COc1cc2c(cc1N1CCN(CC3CCN(c4ccc(N5CCC(=O)NC5=O)cc4)CC3)CC1)[nH]c1ncnc(-c3cc(C)c([C@@H](C)NC(=O)c4nc(C(C)(C)C)no4)cc3F)c12. The van der Waals surface area contributed by atoms with Crippen molar-refractivity contribution < 1.29 is 28.0 Å². The highest BCUT2D eigenvalue weighted by atomic mass is 19.1. The number of anilines is 3. The van der Waals surface area contributed by atoms with Crippen LogP contribution in [0.2, 0.25) is 0 Å². The predicted octanol–water partition coefficient (Wildman–Crippen LogP) is 6.89. The number of ether oxygens (including phenoxy) is 1. The fraction of sp³-hybridized carbons (Fsp3) is 0.426. The smallest absolute Gasteiger partial charge is 0.328 e. The van der Waals surface area contributed by atoms with Crippen LogP contribution in [-0.4, -0.2) is 107 Å². The molecule has 3 aliphatic heterocycles. The molecule has 3 fully saturated rings. The monoisotopic (exact) mass is 871 g/mol.